The zero-order valence-corrected chi connectivity index (χ0v) is 18.1. The van der Waals surface area contributed by atoms with E-state index in [2.05, 4.69) is 19.1 Å². The Balaban J connectivity index is 1.71. The van der Waals surface area contributed by atoms with Crippen molar-refractivity contribution in [3.05, 3.63) is 59.7 Å². The lowest BCUT2D eigenvalue weighted by atomic mass is 10.1. The van der Waals surface area contributed by atoms with E-state index in [0.717, 1.165) is 11.3 Å². The molecule has 0 bridgehead atoms. The molecule has 2 aromatic rings. The van der Waals surface area contributed by atoms with Crippen molar-refractivity contribution < 1.29 is 15.0 Å². The van der Waals surface area contributed by atoms with Crippen LogP contribution in [-0.4, -0.2) is 21.7 Å². The number of benzene rings is 2. The van der Waals surface area contributed by atoms with Crippen LogP contribution >= 0.6 is 11.8 Å². The van der Waals surface area contributed by atoms with Gasteiger partial charge in [0.25, 0.3) is 0 Å². The Labute approximate surface area is 178 Å². The molecule has 0 amide bonds. The lowest BCUT2D eigenvalue weighted by molar-refractivity contribution is 0.104. The predicted molar refractivity (Wildman–Crippen MR) is 123 cm³/mol. The summed E-state index contributed by atoms with van der Waals surface area (Å²) in [5, 5.41) is 19.3. The van der Waals surface area contributed by atoms with Crippen LogP contribution in [0, 0.1) is 0 Å². The van der Waals surface area contributed by atoms with Gasteiger partial charge in [0, 0.05) is 4.90 Å². The number of carbonyl (C=O) groups is 1. The SMILES string of the molecule is CCCCCCCCCCSc1ccc(C=CC(=O)c2cccc(O)c2O)cc1. The van der Waals surface area contributed by atoms with Crippen molar-refractivity contribution in [2.75, 3.05) is 5.75 Å². The quantitative estimate of drug-likeness (QED) is 0.120. The van der Waals surface area contributed by atoms with E-state index in [4.69, 9.17) is 0 Å². The summed E-state index contributed by atoms with van der Waals surface area (Å²) in [6.07, 6.45) is 13.8. The molecule has 0 unspecified atom stereocenters. The van der Waals surface area contributed by atoms with Gasteiger partial charge in [-0.25, -0.2) is 0 Å². The fraction of sp³-hybridized carbons (Fsp3) is 0.400. The Morgan fingerprint density at radius 3 is 2.24 bits per heavy atom. The van der Waals surface area contributed by atoms with Gasteiger partial charge in [0.15, 0.2) is 17.3 Å². The highest BCUT2D eigenvalue weighted by atomic mass is 32.2. The van der Waals surface area contributed by atoms with Crippen molar-refractivity contribution in [2.24, 2.45) is 0 Å². The smallest absolute Gasteiger partial charge is 0.189 e. The van der Waals surface area contributed by atoms with Crippen molar-refractivity contribution >= 4 is 23.6 Å². The summed E-state index contributed by atoms with van der Waals surface area (Å²) in [6, 6.07) is 12.5. The first-order valence-electron chi connectivity index (χ1n) is 10.6. The van der Waals surface area contributed by atoms with Gasteiger partial charge in [0.05, 0.1) is 5.56 Å². The number of unbranched alkanes of at least 4 members (excludes halogenated alkanes) is 7. The van der Waals surface area contributed by atoms with E-state index < -0.39 is 0 Å². The molecule has 0 aliphatic carbocycles. The molecule has 4 heteroatoms. The van der Waals surface area contributed by atoms with Crippen LogP contribution in [0.15, 0.2) is 53.4 Å². The number of aromatic hydroxyl groups is 2. The van der Waals surface area contributed by atoms with E-state index in [1.165, 1.54) is 80.5 Å². The summed E-state index contributed by atoms with van der Waals surface area (Å²) < 4.78 is 0. The average molecular weight is 413 g/mol. The number of ketones is 1. The first-order valence-corrected chi connectivity index (χ1v) is 11.6. The summed E-state index contributed by atoms with van der Waals surface area (Å²) in [7, 11) is 0. The summed E-state index contributed by atoms with van der Waals surface area (Å²) in [4.78, 5) is 13.4. The van der Waals surface area contributed by atoms with Crippen LogP contribution in [-0.2, 0) is 0 Å². The van der Waals surface area contributed by atoms with Gasteiger partial charge in [0.2, 0.25) is 0 Å². The van der Waals surface area contributed by atoms with Crippen LogP contribution in [0.2, 0.25) is 0 Å². The Bertz CT molecular complexity index is 781. The fourth-order valence-corrected chi connectivity index (χ4v) is 4.01. The molecule has 3 nitrogen and oxygen atoms in total. The topological polar surface area (TPSA) is 57.5 Å². The second-order valence-corrected chi connectivity index (χ2v) is 8.43. The third kappa shape index (κ3) is 8.36. The van der Waals surface area contributed by atoms with Gasteiger partial charge in [-0.15, -0.1) is 11.8 Å². The first-order chi connectivity index (χ1) is 14.1. The third-order valence-corrected chi connectivity index (χ3v) is 5.95. The number of hydrogen-bond acceptors (Lipinski definition) is 4. The number of phenolic OH excluding ortho intramolecular Hbond substituents is 2. The van der Waals surface area contributed by atoms with Gasteiger partial charge in [-0.1, -0.05) is 76.1 Å². The lowest BCUT2D eigenvalue weighted by Gasteiger charge is -2.04. The number of rotatable bonds is 13. The summed E-state index contributed by atoms with van der Waals surface area (Å²) >= 11 is 1.87. The first kappa shape index (κ1) is 23.1. The van der Waals surface area contributed by atoms with E-state index in [1.807, 2.05) is 23.9 Å². The molecule has 0 saturated heterocycles. The fourth-order valence-electron chi connectivity index (χ4n) is 3.09. The number of hydrogen-bond donors (Lipinski definition) is 2. The molecule has 0 atom stereocenters. The van der Waals surface area contributed by atoms with E-state index in [0.29, 0.717) is 0 Å². The molecule has 0 aromatic heterocycles. The average Bonchev–Trinajstić information content (AvgIpc) is 2.73. The largest absolute Gasteiger partial charge is 0.504 e. The van der Waals surface area contributed by atoms with Crippen LogP contribution in [0.5, 0.6) is 11.5 Å². The molecule has 0 spiro atoms. The highest BCUT2D eigenvalue weighted by molar-refractivity contribution is 7.99. The molecule has 2 aromatic carbocycles. The number of thioether (sulfide) groups is 1. The Hall–Kier alpha value is -2.20. The Morgan fingerprint density at radius 2 is 1.55 bits per heavy atom. The van der Waals surface area contributed by atoms with Gasteiger partial charge >= 0.3 is 0 Å². The molecule has 0 saturated carbocycles. The molecule has 156 valence electrons. The maximum atomic E-state index is 12.2. The second-order valence-electron chi connectivity index (χ2n) is 7.26. The van der Waals surface area contributed by atoms with Crippen LogP contribution in [0.4, 0.5) is 0 Å². The van der Waals surface area contributed by atoms with Crippen LogP contribution < -0.4 is 0 Å². The minimum Gasteiger partial charge on any atom is -0.504 e. The minimum absolute atomic E-state index is 0.0961. The van der Waals surface area contributed by atoms with E-state index in [9.17, 15) is 15.0 Å². The van der Waals surface area contributed by atoms with Crippen molar-refractivity contribution in [1.29, 1.82) is 0 Å². The summed E-state index contributed by atoms with van der Waals surface area (Å²) in [6.45, 7) is 2.25. The van der Waals surface area contributed by atoms with Gasteiger partial charge in [-0.3, -0.25) is 4.79 Å². The Morgan fingerprint density at radius 1 is 0.897 bits per heavy atom. The van der Waals surface area contributed by atoms with Gasteiger partial charge in [-0.2, -0.15) is 0 Å². The molecule has 0 fully saturated rings. The second kappa shape index (κ2) is 13.1. The minimum atomic E-state index is -0.380. The van der Waals surface area contributed by atoms with E-state index in [-0.39, 0.29) is 22.8 Å². The molecule has 2 N–H and O–H groups in total. The summed E-state index contributed by atoms with van der Waals surface area (Å²) in [5.74, 6) is 0.128. The summed E-state index contributed by atoms with van der Waals surface area (Å²) in [5.41, 5.74) is 1.02. The maximum Gasteiger partial charge on any atom is 0.189 e. The monoisotopic (exact) mass is 412 g/mol. The zero-order chi connectivity index (χ0) is 20.9. The third-order valence-electron chi connectivity index (χ3n) is 4.85. The van der Waals surface area contributed by atoms with Crippen molar-refractivity contribution in [3.63, 3.8) is 0 Å². The number of carbonyl (C=O) groups excluding carboxylic acids is 1. The van der Waals surface area contributed by atoms with Gasteiger partial charge in [-0.05, 0) is 48.1 Å². The molecule has 0 heterocycles. The molecule has 2 rings (SSSR count). The zero-order valence-electron chi connectivity index (χ0n) is 17.3. The van der Waals surface area contributed by atoms with Crippen molar-refractivity contribution in [2.45, 2.75) is 63.2 Å². The van der Waals surface area contributed by atoms with Crippen LogP contribution in [0.1, 0.15) is 74.2 Å². The number of para-hydroxylation sites is 1. The number of allylic oxidation sites excluding steroid dienone is 1. The van der Waals surface area contributed by atoms with Gasteiger partial charge < -0.3 is 10.2 Å². The van der Waals surface area contributed by atoms with Gasteiger partial charge in [0.1, 0.15) is 0 Å². The highest BCUT2D eigenvalue weighted by Crippen LogP contribution is 2.29. The molecule has 29 heavy (non-hydrogen) atoms. The molecule has 0 aliphatic rings. The standard InChI is InChI=1S/C25H32O3S/c1-2-3-4-5-6-7-8-9-19-29-21-16-13-20(14-17-21)15-18-23(26)22-11-10-12-24(27)25(22)28/h10-18,27-28H,2-9,19H2,1H3. The van der Waals surface area contributed by atoms with E-state index in [1.54, 1.807) is 6.08 Å². The van der Waals surface area contributed by atoms with Crippen LogP contribution in [0.3, 0.4) is 0 Å². The molecular formula is C25H32O3S. The molecular weight excluding hydrogens is 380 g/mol. The maximum absolute atomic E-state index is 12.2. The molecule has 0 aliphatic heterocycles. The normalized spacial score (nSPS) is 11.2. The highest BCUT2D eigenvalue weighted by Gasteiger charge is 2.11. The van der Waals surface area contributed by atoms with E-state index >= 15 is 0 Å². The predicted octanol–water partition coefficient (Wildman–Crippen LogP) is 7.23. The van der Waals surface area contributed by atoms with Crippen LogP contribution in [0.25, 0.3) is 6.08 Å². The van der Waals surface area contributed by atoms with Crippen molar-refractivity contribution in [1.82, 2.24) is 0 Å². The number of phenols is 2. The van der Waals surface area contributed by atoms with Crippen molar-refractivity contribution in [3.8, 4) is 11.5 Å². The lowest BCUT2D eigenvalue weighted by Crippen LogP contribution is -1.94. The molecule has 0 radical (unpaired) electrons. The Kier molecular flexibility index (Phi) is 10.4.